The molecule has 0 fully saturated rings. The predicted molar refractivity (Wildman–Crippen MR) is 85.3 cm³/mol. The van der Waals surface area contributed by atoms with Gasteiger partial charge in [-0.25, -0.2) is 9.78 Å². The molecule has 0 unspecified atom stereocenters. The van der Waals surface area contributed by atoms with Crippen LogP contribution in [0.1, 0.15) is 20.3 Å². The average Bonchev–Trinajstić information content (AvgIpc) is 2.94. The summed E-state index contributed by atoms with van der Waals surface area (Å²) in [6, 6.07) is 5.24. The number of esters is 1. The van der Waals surface area contributed by atoms with Crippen molar-refractivity contribution in [3.63, 3.8) is 0 Å². The third-order valence-corrected chi connectivity index (χ3v) is 3.45. The maximum atomic E-state index is 11.8. The molecule has 1 amide bonds. The van der Waals surface area contributed by atoms with Crippen LogP contribution in [-0.4, -0.2) is 46.7 Å². The Morgan fingerprint density at radius 2 is 2.09 bits per heavy atom. The summed E-state index contributed by atoms with van der Waals surface area (Å²) in [5, 5.41) is 0. The molecule has 0 aliphatic heterocycles. The van der Waals surface area contributed by atoms with Crippen molar-refractivity contribution in [2.45, 2.75) is 26.8 Å². The standard InChI is InChI=1S/C16H21N3O4/c1-4-18(3)16(21)23-12-6-7-14-13(10-12)17-11-19(14)9-8-15(20)22-5-2/h6-7,10-11H,4-5,8-9H2,1-3H3. The Kier molecular flexibility index (Phi) is 5.56. The Hall–Kier alpha value is -2.57. The van der Waals surface area contributed by atoms with Crippen LogP contribution in [-0.2, 0) is 16.1 Å². The van der Waals surface area contributed by atoms with Gasteiger partial charge in [-0.1, -0.05) is 0 Å². The number of imidazole rings is 1. The summed E-state index contributed by atoms with van der Waals surface area (Å²) in [4.78, 5) is 28.9. The van der Waals surface area contributed by atoms with Gasteiger partial charge in [-0.3, -0.25) is 4.79 Å². The van der Waals surface area contributed by atoms with Gasteiger partial charge in [0.1, 0.15) is 5.75 Å². The fraction of sp³-hybridized carbons (Fsp3) is 0.438. The van der Waals surface area contributed by atoms with Crippen molar-refractivity contribution in [3.8, 4) is 5.75 Å². The highest BCUT2D eigenvalue weighted by atomic mass is 16.6. The molecule has 0 spiro atoms. The number of fused-ring (bicyclic) bond motifs is 1. The van der Waals surface area contributed by atoms with Gasteiger partial charge < -0.3 is 18.9 Å². The van der Waals surface area contributed by atoms with Crippen molar-refractivity contribution >= 4 is 23.1 Å². The van der Waals surface area contributed by atoms with Gasteiger partial charge in [0.25, 0.3) is 0 Å². The molecule has 7 heteroatoms. The van der Waals surface area contributed by atoms with E-state index in [1.807, 2.05) is 17.6 Å². The van der Waals surface area contributed by atoms with E-state index in [0.29, 0.717) is 31.0 Å². The van der Waals surface area contributed by atoms with Gasteiger partial charge in [0.2, 0.25) is 0 Å². The van der Waals surface area contributed by atoms with Crippen LogP contribution in [0.2, 0.25) is 0 Å². The lowest BCUT2D eigenvalue weighted by Gasteiger charge is -2.14. The number of amides is 1. The molecule has 1 heterocycles. The minimum absolute atomic E-state index is 0.234. The van der Waals surface area contributed by atoms with Crippen molar-refractivity contribution in [3.05, 3.63) is 24.5 Å². The van der Waals surface area contributed by atoms with Gasteiger partial charge in [-0.05, 0) is 26.0 Å². The van der Waals surface area contributed by atoms with Crippen molar-refractivity contribution in [2.75, 3.05) is 20.2 Å². The topological polar surface area (TPSA) is 73.7 Å². The molecule has 2 aromatic rings. The van der Waals surface area contributed by atoms with Gasteiger partial charge in [-0.2, -0.15) is 0 Å². The molecule has 1 aromatic carbocycles. The third kappa shape index (κ3) is 4.21. The van der Waals surface area contributed by atoms with Crippen molar-refractivity contribution in [1.29, 1.82) is 0 Å². The zero-order chi connectivity index (χ0) is 16.8. The van der Waals surface area contributed by atoms with Gasteiger partial charge in [-0.15, -0.1) is 0 Å². The quantitative estimate of drug-likeness (QED) is 0.765. The molecule has 23 heavy (non-hydrogen) atoms. The number of hydrogen-bond acceptors (Lipinski definition) is 5. The Bertz CT molecular complexity index is 696. The Morgan fingerprint density at radius 1 is 1.30 bits per heavy atom. The first-order valence-electron chi connectivity index (χ1n) is 7.58. The first-order chi connectivity index (χ1) is 11.0. The molecule has 1 aromatic heterocycles. The second-order valence-electron chi connectivity index (χ2n) is 5.03. The zero-order valence-corrected chi connectivity index (χ0v) is 13.6. The molecule has 0 saturated heterocycles. The number of nitrogens with zero attached hydrogens (tertiary/aromatic N) is 3. The summed E-state index contributed by atoms with van der Waals surface area (Å²) in [5.41, 5.74) is 1.58. The van der Waals surface area contributed by atoms with Crippen LogP contribution in [0.4, 0.5) is 4.79 Å². The molecule has 0 saturated carbocycles. The van der Waals surface area contributed by atoms with Crippen LogP contribution in [0.25, 0.3) is 11.0 Å². The van der Waals surface area contributed by atoms with Gasteiger partial charge in [0, 0.05) is 26.2 Å². The Balaban J connectivity index is 2.08. The number of benzene rings is 1. The summed E-state index contributed by atoms with van der Waals surface area (Å²) in [7, 11) is 1.67. The number of aryl methyl sites for hydroxylation is 1. The van der Waals surface area contributed by atoms with Crippen LogP contribution in [0, 0.1) is 0 Å². The lowest BCUT2D eigenvalue weighted by Crippen LogP contribution is -2.29. The van der Waals surface area contributed by atoms with Gasteiger partial charge >= 0.3 is 12.1 Å². The maximum Gasteiger partial charge on any atom is 0.414 e. The highest BCUT2D eigenvalue weighted by Gasteiger charge is 2.11. The van der Waals surface area contributed by atoms with Crippen molar-refractivity contribution < 1.29 is 19.1 Å². The highest BCUT2D eigenvalue weighted by Crippen LogP contribution is 2.20. The van der Waals surface area contributed by atoms with E-state index in [4.69, 9.17) is 9.47 Å². The van der Waals surface area contributed by atoms with E-state index < -0.39 is 6.09 Å². The normalized spacial score (nSPS) is 10.6. The monoisotopic (exact) mass is 319 g/mol. The highest BCUT2D eigenvalue weighted by molar-refractivity contribution is 5.79. The molecule has 0 N–H and O–H groups in total. The fourth-order valence-corrected chi connectivity index (χ4v) is 2.04. The molecule has 0 radical (unpaired) electrons. The van der Waals surface area contributed by atoms with E-state index in [1.54, 1.807) is 32.4 Å². The number of carbonyl (C=O) groups is 2. The van der Waals surface area contributed by atoms with Crippen LogP contribution < -0.4 is 4.74 Å². The minimum Gasteiger partial charge on any atom is -0.466 e. The lowest BCUT2D eigenvalue weighted by molar-refractivity contribution is -0.143. The number of rotatable bonds is 6. The van der Waals surface area contributed by atoms with Crippen LogP contribution in [0.15, 0.2) is 24.5 Å². The Morgan fingerprint density at radius 3 is 2.78 bits per heavy atom. The predicted octanol–water partition coefficient (Wildman–Crippen LogP) is 2.44. The van der Waals surface area contributed by atoms with Crippen LogP contribution in [0.3, 0.4) is 0 Å². The molecule has 0 aliphatic rings. The van der Waals surface area contributed by atoms with Crippen molar-refractivity contribution in [2.24, 2.45) is 0 Å². The lowest BCUT2D eigenvalue weighted by atomic mass is 10.3. The number of aromatic nitrogens is 2. The molecule has 2 rings (SSSR count). The summed E-state index contributed by atoms with van der Waals surface area (Å²) < 4.78 is 12.1. The van der Waals surface area contributed by atoms with E-state index in [1.165, 1.54) is 4.90 Å². The van der Waals surface area contributed by atoms with E-state index >= 15 is 0 Å². The molecule has 0 bridgehead atoms. The maximum absolute atomic E-state index is 11.8. The summed E-state index contributed by atoms with van der Waals surface area (Å²) in [5.74, 6) is 0.209. The number of carbonyl (C=O) groups excluding carboxylic acids is 2. The van der Waals surface area contributed by atoms with E-state index in [0.717, 1.165) is 5.52 Å². The first kappa shape index (κ1) is 16.8. The second-order valence-corrected chi connectivity index (χ2v) is 5.03. The fourth-order valence-electron chi connectivity index (χ4n) is 2.04. The molecule has 0 atom stereocenters. The largest absolute Gasteiger partial charge is 0.466 e. The van der Waals surface area contributed by atoms with Crippen LogP contribution in [0.5, 0.6) is 5.75 Å². The van der Waals surface area contributed by atoms with Gasteiger partial charge in [0.15, 0.2) is 0 Å². The summed E-state index contributed by atoms with van der Waals surface area (Å²) >= 11 is 0. The SMILES string of the molecule is CCOC(=O)CCn1cnc2cc(OC(=O)N(C)CC)ccc21. The second kappa shape index (κ2) is 7.62. The Labute approximate surface area is 134 Å². The number of hydrogen-bond donors (Lipinski definition) is 0. The van der Waals surface area contributed by atoms with Gasteiger partial charge in [0.05, 0.1) is 30.4 Å². The van der Waals surface area contributed by atoms with Crippen LogP contribution >= 0.6 is 0 Å². The molecular weight excluding hydrogens is 298 g/mol. The molecule has 7 nitrogen and oxygen atoms in total. The van der Waals surface area contributed by atoms with E-state index in [2.05, 4.69) is 4.98 Å². The van der Waals surface area contributed by atoms with E-state index in [9.17, 15) is 9.59 Å². The third-order valence-electron chi connectivity index (χ3n) is 3.45. The smallest absolute Gasteiger partial charge is 0.414 e. The minimum atomic E-state index is -0.409. The first-order valence-corrected chi connectivity index (χ1v) is 7.58. The molecular formula is C16H21N3O4. The average molecular weight is 319 g/mol. The summed E-state index contributed by atoms with van der Waals surface area (Å²) in [6.07, 6.45) is 1.54. The number of ether oxygens (including phenoxy) is 2. The molecule has 124 valence electrons. The zero-order valence-electron chi connectivity index (χ0n) is 13.6. The summed E-state index contributed by atoms with van der Waals surface area (Å²) in [6.45, 7) is 5.10. The molecule has 0 aliphatic carbocycles. The van der Waals surface area contributed by atoms with Crippen molar-refractivity contribution in [1.82, 2.24) is 14.5 Å². The van der Waals surface area contributed by atoms with E-state index in [-0.39, 0.29) is 12.4 Å².